The Hall–Kier alpha value is -1.80. The van der Waals surface area contributed by atoms with Crippen LogP contribution in [-0.2, 0) is 6.54 Å². The molecule has 1 N–H and O–H groups in total. The van der Waals surface area contributed by atoms with Crippen molar-refractivity contribution in [3.05, 3.63) is 64.7 Å². The number of hydrogen-bond acceptors (Lipinski definition) is 2. The zero-order chi connectivity index (χ0) is 14.8. The molecule has 1 atom stereocenters. The normalized spacial score (nSPS) is 17.4. The van der Waals surface area contributed by atoms with Crippen LogP contribution >= 0.6 is 0 Å². The van der Waals surface area contributed by atoms with Crippen molar-refractivity contribution in [3.63, 3.8) is 0 Å². The van der Waals surface area contributed by atoms with Gasteiger partial charge in [0.15, 0.2) is 0 Å². The summed E-state index contributed by atoms with van der Waals surface area (Å²) in [6.07, 6.45) is 0. The molecule has 0 spiro atoms. The van der Waals surface area contributed by atoms with E-state index >= 15 is 0 Å². The van der Waals surface area contributed by atoms with Gasteiger partial charge in [-0.2, -0.15) is 0 Å². The average molecular weight is 280 g/mol. The minimum atomic E-state index is 0.556. The number of hydrogen-bond donors (Lipinski definition) is 1. The molecule has 2 heteroatoms. The lowest BCUT2D eigenvalue weighted by Crippen LogP contribution is -2.35. The van der Waals surface area contributed by atoms with Crippen LogP contribution in [0.1, 0.15) is 28.2 Å². The van der Waals surface area contributed by atoms with E-state index in [9.17, 15) is 0 Å². The Morgan fingerprint density at radius 1 is 1.14 bits per heavy atom. The number of nitrogens with zero attached hydrogens (tertiary/aromatic N) is 1. The average Bonchev–Trinajstić information content (AvgIpc) is 2.47. The molecule has 3 rings (SSSR count). The van der Waals surface area contributed by atoms with Gasteiger partial charge in [-0.05, 0) is 36.6 Å². The third-order valence-corrected chi connectivity index (χ3v) is 4.46. The molecule has 2 nitrogen and oxygen atoms in total. The standard InChI is InChI=1S/C19H24N2/c1-14-8-9-19(15(2)10-14)21(3)13-17-12-20-11-16-6-4-5-7-18(16)17/h4-10,17,20H,11-13H2,1-3H3. The third kappa shape index (κ3) is 2.96. The monoisotopic (exact) mass is 280 g/mol. The van der Waals surface area contributed by atoms with Crippen LogP contribution in [0.15, 0.2) is 42.5 Å². The lowest BCUT2D eigenvalue weighted by molar-refractivity contribution is 0.539. The van der Waals surface area contributed by atoms with Gasteiger partial charge >= 0.3 is 0 Å². The number of fused-ring (bicyclic) bond motifs is 1. The third-order valence-electron chi connectivity index (χ3n) is 4.46. The number of nitrogens with one attached hydrogen (secondary N) is 1. The van der Waals surface area contributed by atoms with Gasteiger partial charge in [0, 0.05) is 38.3 Å². The first-order valence-corrected chi connectivity index (χ1v) is 7.72. The van der Waals surface area contributed by atoms with E-state index in [2.05, 4.69) is 73.6 Å². The number of benzene rings is 2. The zero-order valence-corrected chi connectivity index (χ0v) is 13.2. The molecule has 2 aromatic carbocycles. The van der Waals surface area contributed by atoms with Crippen LogP contribution in [0.25, 0.3) is 0 Å². The van der Waals surface area contributed by atoms with E-state index in [1.807, 2.05) is 0 Å². The van der Waals surface area contributed by atoms with Gasteiger partial charge in [-0.25, -0.2) is 0 Å². The Balaban J connectivity index is 1.81. The van der Waals surface area contributed by atoms with Crippen molar-refractivity contribution in [1.29, 1.82) is 0 Å². The number of aryl methyl sites for hydroxylation is 2. The highest BCUT2D eigenvalue weighted by molar-refractivity contribution is 5.54. The summed E-state index contributed by atoms with van der Waals surface area (Å²) in [5.74, 6) is 0.556. The van der Waals surface area contributed by atoms with Gasteiger partial charge in [0.2, 0.25) is 0 Å². The molecule has 0 bridgehead atoms. The first kappa shape index (κ1) is 14.2. The van der Waals surface area contributed by atoms with Crippen molar-refractivity contribution in [2.75, 3.05) is 25.0 Å². The van der Waals surface area contributed by atoms with Crippen LogP contribution in [-0.4, -0.2) is 20.1 Å². The van der Waals surface area contributed by atoms with E-state index in [4.69, 9.17) is 0 Å². The van der Waals surface area contributed by atoms with Crippen molar-refractivity contribution < 1.29 is 0 Å². The SMILES string of the molecule is Cc1ccc(N(C)CC2CNCc3ccccc32)c(C)c1. The topological polar surface area (TPSA) is 15.3 Å². The second-order valence-electron chi connectivity index (χ2n) is 6.20. The fourth-order valence-corrected chi connectivity index (χ4v) is 3.41. The molecular formula is C19H24N2. The molecule has 0 radical (unpaired) electrons. The quantitative estimate of drug-likeness (QED) is 0.923. The predicted octanol–water partition coefficient (Wildman–Crippen LogP) is 3.63. The molecule has 1 aliphatic heterocycles. The van der Waals surface area contributed by atoms with Gasteiger partial charge in [0.1, 0.15) is 0 Å². The van der Waals surface area contributed by atoms with Gasteiger partial charge in [-0.15, -0.1) is 0 Å². The van der Waals surface area contributed by atoms with Gasteiger partial charge in [0.05, 0.1) is 0 Å². The Morgan fingerprint density at radius 3 is 2.76 bits per heavy atom. The lowest BCUT2D eigenvalue weighted by atomic mass is 9.90. The van der Waals surface area contributed by atoms with Crippen LogP contribution in [0.2, 0.25) is 0 Å². The van der Waals surface area contributed by atoms with E-state index in [0.717, 1.165) is 19.6 Å². The molecule has 0 saturated heterocycles. The van der Waals surface area contributed by atoms with Crippen LogP contribution in [0, 0.1) is 13.8 Å². The summed E-state index contributed by atoms with van der Waals surface area (Å²) in [7, 11) is 2.20. The minimum Gasteiger partial charge on any atom is -0.374 e. The highest BCUT2D eigenvalue weighted by Gasteiger charge is 2.21. The summed E-state index contributed by atoms with van der Waals surface area (Å²) in [6.45, 7) is 7.46. The van der Waals surface area contributed by atoms with Crippen molar-refractivity contribution in [3.8, 4) is 0 Å². The zero-order valence-electron chi connectivity index (χ0n) is 13.2. The predicted molar refractivity (Wildman–Crippen MR) is 90.1 cm³/mol. The number of rotatable bonds is 3. The Morgan fingerprint density at radius 2 is 1.95 bits per heavy atom. The first-order chi connectivity index (χ1) is 10.1. The summed E-state index contributed by atoms with van der Waals surface area (Å²) in [5.41, 5.74) is 6.98. The molecule has 2 aromatic rings. The van der Waals surface area contributed by atoms with Crippen molar-refractivity contribution >= 4 is 5.69 Å². The second-order valence-corrected chi connectivity index (χ2v) is 6.20. The van der Waals surface area contributed by atoms with E-state index < -0.39 is 0 Å². The van der Waals surface area contributed by atoms with Gasteiger partial charge in [-0.3, -0.25) is 0 Å². The molecule has 0 amide bonds. The van der Waals surface area contributed by atoms with E-state index in [1.54, 1.807) is 0 Å². The molecule has 0 fully saturated rings. The molecule has 1 unspecified atom stereocenters. The maximum Gasteiger partial charge on any atom is 0.0393 e. The Kier molecular flexibility index (Phi) is 3.98. The van der Waals surface area contributed by atoms with Gasteiger partial charge < -0.3 is 10.2 Å². The first-order valence-electron chi connectivity index (χ1n) is 7.72. The van der Waals surface area contributed by atoms with E-state index in [1.165, 1.54) is 27.9 Å². The second kappa shape index (κ2) is 5.90. The molecular weight excluding hydrogens is 256 g/mol. The van der Waals surface area contributed by atoms with Crippen LogP contribution in [0.5, 0.6) is 0 Å². The van der Waals surface area contributed by atoms with Gasteiger partial charge in [-0.1, -0.05) is 42.0 Å². The van der Waals surface area contributed by atoms with Crippen LogP contribution in [0.4, 0.5) is 5.69 Å². The fourth-order valence-electron chi connectivity index (χ4n) is 3.41. The molecule has 21 heavy (non-hydrogen) atoms. The Bertz CT molecular complexity index is 633. The largest absolute Gasteiger partial charge is 0.374 e. The molecule has 1 heterocycles. The summed E-state index contributed by atoms with van der Waals surface area (Å²) in [6, 6.07) is 15.5. The van der Waals surface area contributed by atoms with Crippen LogP contribution in [0.3, 0.4) is 0 Å². The molecule has 0 aromatic heterocycles. The number of anilines is 1. The van der Waals surface area contributed by atoms with E-state index in [0.29, 0.717) is 5.92 Å². The van der Waals surface area contributed by atoms with Crippen molar-refractivity contribution in [2.24, 2.45) is 0 Å². The molecule has 1 aliphatic rings. The summed E-state index contributed by atoms with van der Waals surface area (Å²) >= 11 is 0. The molecule has 0 saturated carbocycles. The highest BCUT2D eigenvalue weighted by atomic mass is 15.1. The highest BCUT2D eigenvalue weighted by Crippen LogP contribution is 2.27. The van der Waals surface area contributed by atoms with Gasteiger partial charge in [0.25, 0.3) is 0 Å². The maximum atomic E-state index is 3.54. The van der Waals surface area contributed by atoms with Crippen molar-refractivity contribution in [2.45, 2.75) is 26.3 Å². The fraction of sp³-hybridized carbons (Fsp3) is 0.368. The summed E-state index contributed by atoms with van der Waals surface area (Å²) in [4.78, 5) is 2.39. The molecule has 110 valence electrons. The smallest absolute Gasteiger partial charge is 0.0393 e. The molecule has 0 aliphatic carbocycles. The Labute approximate surface area is 127 Å². The lowest BCUT2D eigenvalue weighted by Gasteiger charge is -2.31. The van der Waals surface area contributed by atoms with Crippen LogP contribution < -0.4 is 10.2 Å². The van der Waals surface area contributed by atoms with Crippen molar-refractivity contribution in [1.82, 2.24) is 5.32 Å². The summed E-state index contributed by atoms with van der Waals surface area (Å²) in [5, 5.41) is 3.54. The number of likely N-dealkylation sites (N-methyl/N-ethyl adjacent to an activating group) is 1. The maximum absolute atomic E-state index is 3.54. The summed E-state index contributed by atoms with van der Waals surface area (Å²) < 4.78 is 0. The minimum absolute atomic E-state index is 0.556. The van der Waals surface area contributed by atoms with E-state index in [-0.39, 0.29) is 0 Å².